The molecule has 1 aromatic rings. The minimum atomic E-state index is -0.124. The van der Waals surface area contributed by atoms with Crippen molar-refractivity contribution >= 4 is 27.7 Å². The van der Waals surface area contributed by atoms with Gasteiger partial charge < -0.3 is 10.2 Å². The molecule has 1 aliphatic heterocycles. The number of piperidine rings is 1. The number of carbonyl (C=O) groups excluding carboxylic acids is 2. The molecule has 6 nitrogen and oxygen atoms in total. The summed E-state index contributed by atoms with van der Waals surface area (Å²) >= 11 is 3.50. The summed E-state index contributed by atoms with van der Waals surface area (Å²) in [5, 5.41) is 10.2. The van der Waals surface area contributed by atoms with Gasteiger partial charge in [0.05, 0.1) is 16.1 Å². The number of aromatic nitrogens is 2. The second-order valence-corrected chi connectivity index (χ2v) is 8.19. The Morgan fingerprint density at radius 2 is 2.12 bits per heavy atom. The van der Waals surface area contributed by atoms with E-state index >= 15 is 0 Å². The summed E-state index contributed by atoms with van der Waals surface area (Å²) in [6.07, 6.45) is 6.25. The lowest BCUT2D eigenvalue weighted by Gasteiger charge is -2.31. The normalized spacial score (nSPS) is 17.6. The van der Waals surface area contributed by atoms with Crippen LogP contribution in [0.15, 0.2) is 4.47 Å². The molecule has 7 heteroatoms. The molecular formula is C19H31BrN4O2. The number of hydrogen-bond donors (Lipinski definition) is 2. The van der Waals surface area contributed by atoms with Crippen molar-refractivity contribution in [3.05, 3.63) is 15.9 Å². The maximum atomic E-state index is 12.8. The van der Waals surface area contributed by atoms with E-state index in [0.29, 0.717) is 18.8 Å². The minimum absolute atomic E-state index is 0.0722. The number of rotatable bonds is 8. The Balaban J connectivity index is 1.91. The van der Waals surface area contributed by atoms with Crippen molar-refractivity contribution in [3.8, 4) is 0 Å². The highest BCUT2D eigenvalue weighted by Crippen LogP contribution is 2.27. The lowest BCUT2D eigenvalue weighted by atomic mass is 9.96. The van der Waals surface area contributed by atoms with Crippen LogP contribution < -0.4 is 5.32 Å². The third kappa shape index (κ3) is 5.32. The Bertz CT molecular complexity index is 615. The molecule has 0 aliphatic carbocycles. The van der Waals surface area contributed by atoms with E-state index in [4.69, 9.17) is 0 Å². The number of unbranched alkanes of at least 4 members (excludes halogenated alkanes) is 3. The van der Waals surface area contributed by atoms with Gasteiger partial charge in [-0.2, -0.15) is 5.10 Å². The van der Waals surface area contributed by atoms with E-state index in [0.717, 1.165) is 42.4 Å². The number of likely N-dealkylation sites (tertiary alicyclic amines) is 1. The number of aromatic amines is 1. The summed E-state index contributed by atoms with van der Waals surface area (Å²) in [5.74, 6) is 0.0932. The van der Waals surface area contributed by atoms with Gasteiger partial charge >= 0.3 is 0 Å². The van der Waals surface area contributed by atoms with E-state index < -0.39 is 0 Å². The highest BCUT2D eigenvalue weighted by Gasteiger charge is 2.31. The van der Waals surface area contributed by atoms with Crippen molar-refractivity contribution in [1.29, 1.82) is 0 Å². The number of carbonyl (C=O) groups is 2. The van der Waals surface area contributed by atoms with Gasteiger partial charge in [-0.05, 0) is 41.1 Å². The first-order valence-corrected chi connectivity index (χ1v) is 10.6. The monoisotopic (exact) mass is 426 g/mol. The van der Waals surface area contributed by atoms with Gasteiger partial charge in [-0.15, -0.1) is 0 Å². The molecule has 2 N–H and O–H groups in total. The smallest absolute Gasteiger partial charge is 0.275 e. The zero-order chi connectivity index (χ0) is 19.1. The van der Waals surface area contributed by atoms with Crippen molar-refractivity contribution in [2.45, 2.75) is 65.2 Å². The van der Waals surface area contributed by atoms with Crippen molar-refractivity contribution < 1.29 is 9.59 Å². The van der Waals surface area contributed by atoms with Gasteiger partial charge in [0.2, 0.25) is 5.91 Å². The maximum Gasteiger partial charge on any atom is 0.275 e. The Kier molecular flexibility index (Phi) is 8.13. The number of hydrogen-bond acceptors (Lipinski definition) is 3. The molecule has 0 bridgehead atoms. The number of nitrogens with one attached hydrogen (secondary N) is 2. The molecule has 2 amide bonds. The summed E-state index contributed by atoms with van der Waals surface area (Å²) in [5.41, 5.74) is 1.33. The zero-order valence-corrected chi connectivity index (χ0v) is 17.7. The fraction of sp³-hybridized carbons (Fsp3) is 0.737. The Hall–Kier alpha value is -1.37. The van der Waals surface area contributed by atoms with Crippen molar-refractivity contribution in [2.75, 3.05) is 19.6 Å². The van der Waals surface area contributed by atoms with E-state index in [2.05, 4.69) is 38.4 Å². The molecular weight excluding hydrogens is 396 g/mol. The van der Waals surface area contributed by atoms with Gasteiger partial charge in [-0.1, -0.05) is 40.0 Å². The molecule has 1 unspecified atom stereocenters. The lowest BCUT2D eigenvalue weighted by molar-refractivity contribution is -0.126. The fourth-order valence-corrected chi connectivity index (χ4v) is 4.10. The average Bonchev–Trinajstić information content (AvgIpc) is 3.02. The van der Waals surface area contributed by atoms with Crippen LogP contribution in [-0.2, 0) is 4.79 Å². The van der Waals surface area contributed by atoms with Crippen molar-refractivity contribution in [2.24, 2.45) is 5.92 Å². The molecule has 0 spiro atoms. The topological polar surface area (TPSA) is 78.1 Å². The molecule has 0 saturated carbocycles. The van der Waals surface area contributed by atoms with Crippen LogP contribution in [-0.4, -0.2) is 46.5 Å². The Morgan fingerprint density at radius 1 is 1.35 bits per heavy atom. The Morgan fingerprint density at radius 3 is 2.77 bits per heavy atom. The first-order chi connectivity index (χ1) is 12.5. The standard InChI is InChI=1S/C19H31BrN4O2/c1-4-5-6-7-10-21-18(25)14-9-8-11-24(12-14)19(26)17-15(20)16(13(2)3)22-23-17/h13-14H,4-12H2,1-3H3,(H,21,25)(H,22,23). The number of halogens is 1. The van der Waals surface area contributed by atoms with Crippen molar-refractivity contribution in [1.82, 2.24) is 20.4 Å². The average molecular weight is 427 g/mol. The molecule has 1 aromatic heterocycles. The molecule has 1 fully saturated rings. The number of nitrogens with zero attached hydrogens (tertiary/aromatic N) is 2. The lowest BCUT2D eigenvalue weighted by Crippen LogP contribution is -2.45. The van der Waals surface area contributed by atoms with Gasteiger partial charge in [0.25, 0.3) is 5.91 Å². The van der Waals surface area contributed by atoms with E-state index in [1.54, 1.807) is 4.90 Å². The number of H-pyrrole nitrogens is 1. The molecule has 1 aliphatic rings. The summed E-state index contributed by atoms with van der Waals surface area (Å²) in [7, 11) is 0. The van der Waals surface area contributed by atoms with E-state index in [1.807, 2.05) is 13.8 Å². The summed E-state index contributed by atoms with van der Waals surface area (Å²) in [6, 6.07) is 0. The van der Waals surface area contributed by atoms with E-state index in [9.17, 15) is 9.59 Å². The molecule has 1 saturated heterocycles. The predicted octanol–water partition coefficient (Wildman–Crippen LogP) is 3.84. The highest BCUT2D eigenvalue weighted by molar-refractivity contribution is 9.10. The second kappa shape index (κ2) is 10.1. The van der Waals surface area contributed by atoms with Crippen LogP contribution in [0.5, 0.6) is 0 Å². The van der Waals surface area contributed by atoms with Crippen LogP contribution in [0.2, 0.25) is 0 Å². The van der Waals surface area contributed by atoms with Crippen LogP contribution >= 0.6 is 15.9 Å². The molecule has 2 heterocycles. The maximum absolute atomic E-state index is 12.8. The van der Waals surface area contributed by atoms with Gasteiger partial charge in [0.15, 0.2) is 5.69 Å². The predicted molar refractivity (Wildman–Crippen MR) is 106 cm³/mol. The third-order valence-corrected chi connectivity index (χ3v) is 5.72. The first kappa shape index (κ1) is 20.9. The van der Waals surface area contributed by atoms with Crippen LogP contribution in [0.25, 0.3) is 0 Å². The van der Waals surface area contributed by atoms with Gasteiger partial charge in [-0.3, -0.25) is 14.7 Å². The van der Waals surface area contributed by atoms with Gasteiger partial charge in [0.1, 0.15) is 0 Å². The van der Waals surface area contributed by atoms with Crippen molar-refractivity contribution in [3.63, 3.8) is 0 Å². The summed E-state index contributed by atoms with van der Waals surface area (Å²) in [4.78, 5) is 27.0. The van der Waals surface area contributed by atoms with Crippen LogP contribution in [0.3, 0.4) is 0 Å². The molecule has 0 aromatic carbocycles. The largest absolute Gasteiger partial charge is 0.356 e. The van der Waals surface area contributed by atoms with E-state index in [1.165, 1.54) is 12.8 Å². The molecule has 26 heavy (non-hydrogen) atoms. The van der Waals surface area contributed by atoms with E-state index in [-0.39, 0.29) is 23.7 Å². The fourth-order valence-electron chi connectivity index (χ4n) is 3.30. The molecule has 146 valence electrons. The Labute approximate surface area is 164 Å². The van der Waals surface area contributed by atoms with Crippen LogP contribution in [0.4, 0.5) is 0 Å². The summed E-state index contributed by atoms with van der Waals surface area (Å²) < 4.78 is 0.736. The van der Waals surface area contributed by atoms with Gasteiger partial charge in [0, 0.05) is 19.6 Å². The molecule has 0 radical (unpaired) electrons. The number of amides is 2. The molecule has 1 atom stereocenters. The third-order valence-electron chi connectivity index (χ3n) is 4.92. The SMILES string of the molecule is CCCCCCNC(=O)C1CCCN(C(=O)c2n[nH]c(C(C)C)c2Br)C1. The van der Waals surface area contributed by atoms with Gasteiger partial charge in [-0.25, -0.2) is 0 Å². The quantitative estimate of drug-likeness (QED) is 0.619. The second-order valence-electron chi connectivity index (χ2n) is 7.40. The highest BCUT2D eigenvalue weighted by atomic mass is 79.9. The van der Waals surface area contributed by atoms with Crippen LogP contribution in [0.1, 0.15) is 81.4 Å². The molecule has 2 rings (SSSR count). The van der Waals surface area contributed by atoms with Crippen LogP contribution in [0, 0.1) is 5.92 Å². The zero-order valence-electron chi connectivity index (χ0n) is 16.1. The summed E-state index contributed by atoms with van der Waals surface area (Å²) in [6.45, 7) is 8.15. The minimum Gasteiger partial charge on any atom is -0.356 e. The first-order valence-electron chi connectivity index (χ1n) is 9.76.